The van der Waals surface area contributed by atoms with Crippen LogP contribution in [0, 0.1) is 57.3 Å². The normalized spacial score (nSPS) is 11.8. The molecule has 2 aliphatic rings. The van der Waals surface area contributed by atoms with Crippen molar-refractivity contribution in [1.29, 1.82) is 0 Å². The fourth-order valence-electron chi connectivity index (χ4n) is 8.35. The summed E-state index contributed by atoms with van der Waals surface area (Å²) in [5.74, 6) is -2.41. The Morgan fingerprint density at radius 2 is 0.686 bits per heavy atom. The van der Waals surface area contributed by atoms with Crippen LogP contribution >= 0.6 is 46.4 Å². The van der Waals surface area contributed by atoms with E-state index in [1.54, 1.807) is 179 Å². The number of fused-ring (bicyclic) bond motifs is 1. The summed E-state index contributed by atoms with van der Waals surface area (Å²) in [4.78, 5) is 160. The molecule has 30 nitrogen and oxygen atoms in total. The van der Waals surface area contributed by atoms with Gasteiger partial charge >= 0.3 is 48.4 Å². The lowest BCUT2D eigenvalue weighted by molar-refractivity contribution is -0.199. The number of benzene rings is 5. The Bertz CT molecular complexity index is 4610. The van der Waals surface area contributed by atoms with Gasteiger partial charge in [-0.1, -0.05) is 179 Å². The molecule has 5 aromatic carbocycles. The minimum Gasteiger partial charge on any atom is -0.446 e. The van der Waals surface area contributed by atoms with Gasteiger partial charge in [-0.15, -0.1) is 10.2 Å². The van der Waals surface area contributed by atoms with E-state index < -0.39 is 48.1 Å². The molecule has 0 unspecified atom stereocenters. The van der Waals surface area contributed by atoms with Gasteiger partial charge < -0.3 is 47.6 Å². The molecule has 2 fully saturated rings. The van der Waals surface area contributed by atoms with E-state index in [-0.39, 0.29) is 131 Å². The van der Waals surface area contributed by atoms with Crippen LogP contribution in [0.5, 0.6) is 23.0 Å². The van der Waals surface area contributed by atoms with Crippen LogP contribution in [0.3, 0.4) is 0 Å². The van der Waals surface area contributed by atoms with E-state index >= 15 is 0 Å². The zero-order valence-electron chi connectivity index (χ0n) is 72.0. The second kappa shape index (κ2) is 53.8. The number of carbonyl (C=O) groups excluding carboxylic acids is 13. The minimum atomic E-state index is -1.04. The maximum atomic E-state index is 11.4. The topological polar surface area (TPSA) is 358 Å². The molecule has 3 aromatic heterocycles. The van der Waals surface area contributed by atoms with Crippen molar-refractivity contribution in [3.05, 3.63) is 195 Å². The lowest BCUT2D eigenvalue weighted by Crippen LogP contribution is -2.33. The van der Waals surface area contributed by atoms with Gasteiger partial charge in [-0.25, -0.2) is 28.8 Å². The van der Waals surface area contributed by atoms with Gasteiger partial charge in [0.1, 0.15) is 17.0 Å². The van der Waals surface area contributed by atoms with E-state index in [0.717, 1.165) is 33.2 Å². The van der Waals surface area contributed by atoms with Crippen LogP contribution in [0.2, 0.25) is 20.1 Å². The Kier molecular flexibility index (Phi) is 46.9. The predicted octanol–water partition coefficient (Wildman–Crippen LogP) is 19.7. The molecule has 10 rings (SSSR count). The number of imide groups is 2. The Morgan fingerprint density at radius 1 is 0.347 bits per heavy atom. The number of aromatic nitrogens is 4. The second-order valence-electron chi connectivity index (χ2n) is 28.9. The minimum absolute atomic E-state index is 0.0649. The summed E-state index contributed by atoms with van der Waals surface area (Å²) < 4.78 is 42.2. The fourth-order valence-corrected chi connectivity index (χ4v) is 9.70. The number of amides is 4. The van der Waals surface area contributed by atoms with Crippen LogP contribution in [0.15, 0.2) is 152 Å². The third kappa shape index (κ3) is 41.3. The number of carbonyl (C=O) groups is 13. The molecule has 5 heterocycles. The number of halogens is 4. The smallest absolute Gasteiger partial charge is 0.446 e. The van der Waals surface area contributed by atoms with Gasteiger partial charge in [0.05, 0.1) is 74.4 Å². The van der Waals surface area contributed by atoms with E-state index in [4.69, 9.17) is 84.4 Å². The van der Waals surface area contributed by atoms with Crippen LogP contribution in [0.4, 0.5) is 19.2 Å². The highest BCUT2D eigenvalue weighted by Crippen LogP contribution is 2.36. The molecule has 34 heteroatoms. The number of aryl methyl sites for hydroxylation is 4. The summed E-state index contributed by atoms with van der Waals surface area (Å²) in [7, 11) is 0. The molecular formula is C87H108Cl4N6O24. The van der Waals surface area contributed by atoms with Crippen molar-refractivity contribution in [1.82, 2.24) is 29.2 Å². The number of nitrogens with zero attached hydrogens (tertiary/aromatic N) is 6. The quantitative estimate of drug-likeness (QED) is 0.0285. The van der Waals surface area contributed by atoms with Crippen LogP contribution in [-0.4, -0.2) is 132 Å². The molecule has 0 spiro atoms. The van der Waals surface area contributed by atoms with Gasteiger partial charge in [-0.05, 0) is 173 Å². The fraction of sp³-hybridized carbons (Fsp3) is 0.402. The first-order valence-electron chi connectivity index (χ1n) is 38.3. The first-order chi connectivity index (χ1) is 56.6. The summed E-state index contributed by atoms with van der Waals surface area (Å²) in [6, 6.07) is 36.2. The molecule has 0 aliphatic carbocycles. The third-order valence-corrected chi connectivity index (χ3v) is 15.6. The van der Waals surface area contributed by atoms with Crippen molar-refractivity contribution in [3.8, 4) is 23.0 Å². The van der Waals surface area contributed by atoms with Crippen molar-refractivity contribution in [2.24, 2.45) is 29.6 Å². The number of para-hydroxylation sites is 1. The van der Waals surface area contributed by atoms with Crippen LogP contribution < -0.4 is 23.8 Å². The molecule has 0 radical (unpaired) electrons. The maximum absolute atomic E-state index is 11.4. The first kappa shape index (κ1) is 105. The maximum Gasteiger partial charge on any atom is 0.534 e. The molecule has 0 atom stereocenters. The summed E-state index contributed by atoms with van der Waals surface area (Å²) in [6.45, 7) is 39.3. The zero-order valence-corrected chi connectivity index (χ0v) is 75.0. The monoisotopic (exact) mass is 1760 g/mol. The van der Waals surface area contributed by atoms with Gasteiger partial charge in [0.25, 0.3) is 23.6 Å². The van der Waals surface area contributed by atoms with Gasteiger partial charge in [0, 0.05) is 61.8 Å². The standard InChI is InChI=1S/C11H12Cl2O3.C11H12Cl2O2.C11H12N2O2.C11H14O3.C11H14O2.C8H11NO5.C8H11NO4.C8H11NO2.C8H11NO/c1-6(2)15-11(14)16-10-8(12)4-7(3)5-9(10)13;1-6(2)11(14)15-10-8(12)4-7(3)5-9(10)13;1-8(2)11(14)15-13-10-6-4-3-5-9(10)7-12-13;1-8(2)13-11(12)14-10-6-4-9(3)5-7-10;1-8(2)11(12)13-10-6-4-9(3)5-7-10;1-5(2)13-8(12)14-9-6(10)3-4-7(9)11;1-5(2)8(12)13-9-6(10)3-4-7(9)11;1-7(2)11-8(10)9-5-3-4-6-9;1-7(2)8(10)9-5-3-4-6-9/h4-6H,1-3H3;4-6H,1-3H3;3-8H,1-2H3;4-8H,1-3H3;4-8H,1-3H3;5H,3-4H2,1-2H3;5H,3-4H2,1-2H3;3-7H,1-2H3;3-7H,1-2H3. The molecule has 658 valence electrons. The zero-order chi connectivity index (χ0) is 91.7. The number of hydrogen-bond donors (Lipinski definition) is 0. The molecule has 2 saturated heterocycles. The Labute approximate surface area is 724 Å². The van der Waals surface area contributed by atoms with Crippen molar-refractivity contribution in [3.63, 3.8) is 0 Å². The highest BCUT2D eigenvalue weighted by atomic mass is 35.5. The molecule has 0 saturated carbocycles. The molecule has 0 N–H and O–H groups in total. The van der Waals surface area contributed by atoms with Crippen molar-refractivity contribution >= 4 is 135 Å². The van der Waals surface area contributed by atoms with Crippen LogP contribution in [0.1, 0.15) is 177 Å². The van der Waals surface area contributed by atoms with Crippen molar-refractivity contribution in [2.75, 3.05) is 0 Å². The molecule has 121 heavy (non-hydrogen) atoms. The average Bonchev–Trinajstić information content (AvgIpc) is 1.73. The Morgan fingerprint density at radius 3 is 1.07 bits per heavy atom. The predicted molar refractivity (Wildman–Crippen MR) is 453 cm³/mol. The van der Waals surface area contributed by atoms with E-state index in [0.29, 0.717) is 31.7 Å². The molecule has 4 amide bonds. The largest absolute Gasteiger partial charge is 0.534 e. The highest BCUT2D eigenvalue weighted by Gasteiger charge is 2.35. The van der Waals surface area contributed by atoms with E-state index in [1.807, 2.05) is 130 Å². The summed E-state index contributed by atoms with van der Waals surface area (Å²) in [5.41, 5.74) is 4.89. The van der Waals surface area contributed by atoms with Crippen LogP contribution in [-0.2, 0) is 67.0 Å². The van der Waals surface area contributed by atoms with Crippen LogP contribution in [0.25, 0.3) is 10.9 Å². The summed E-state index contributed by atoms with van der Waals surface area (Å²) >= 11 is 23.6. The number of hydroxylamine groups is 4. The highest BCUT2D eigenvalue weighted by molar-refractivity contribution is 6.38. The van der Waals surface area contributed by atoms with E-state index in [1.165, 1.54) is 9.41 Å². The van der Waals surface area contributed by atoms with Gasteiger partial charge in [0.2, 0.25) is 5.91 Å². The number of esters is 2. The van der Waals surface area contributed by atoms with Gasteiger partial charge in [0.15, 0.2) is 11.5 Å². The van der Waals surface area contributed by atoms with Crippen molar-refractivity contribution < 1.29 is 115 Å². The van der Waals surface area contributed by atoms with Gasteiger partial charge in [-0.3, -0.25) is 47.5 Å². The Balaban J connectivity index is 0.000000463. The lowest BCUT2D eigenvalue weighted by Gasteiger charge is -2.13. The number of ether oxygens (including phenoxy) is 8. The SMILES string of the molecule is CC(C)C(=O)ON1C(=O)CCC1=O.CC(C)C(=O)On1ncc2ccccc21.CC(C)C(=O)n1cccc1.CC(C)OC(=O)ON1C(=O)CCC1=O.CC(C)OC(=O)n1cccc1.Cc1cc(Cl)c(OC(=O)C(C)C)c(Cl)c1.Cc1cc(Cl)c(OC(=O)OC(C)C)c(Cl)c1.Cc1ccc(OC(=O)C(C)C)cc1.Cc1ccc(OC(=O)OC(C)C)cc1. The summed E-state index contributed by atoms with van der Waals surface area (Å²) in [5, 5.41) is 7.23. The number of rotatable bonds is 16. The number of hydrogen-bond acceptors (Lipinski definition) is 25. The average molecular weight is 1760 g/mol. The van der Waals surface area contributed by atoms with E-state index in [2.05, 4.69) is 19.5 Å². The lowest BCUT2D eigenvalue weighted by atomic mass is 10.2. The molecular weight excluding hydrogens is 1650 g/mol. The third-order valence-electron chi connectivity index (χ3n) is 14.5. The summed E-state index contributed by atoms with van der Waals surface area (Å²) in [6.07, 6.45) is 5.25. The van der Waals surface area contributed by atoms with E-state index in [9.17, 15) is 62.3 Å². The first-order valence-corrected chi connectivity index (χ1v) is 39.8. The second-order valence-corrected chi connectivity index (χ2v) is 30.5. The molecule has 0 bridgehead atoms. The Hall–Kier alpha value is -11.6. The molecule has 8 aromatic rings. The molecule has 2 aliphatic heterocycles. The van der Waals surface area contributed by atoms with Crippen molar-refractivity contribution in [2.45, 2.75) is 202 Å². The van der Waals surface area contributed by atoms with Gasteiger partial charge in [-0.2, -0.15) is 0 Å².